The van der Waals surface area contributed by atoms with Crippen molar-refractivity contribution < 1.29 is 0 Å². The highest BCUT2D eigenvalue weighted by molar-refractivity contribution is 7.99. The van der Waals surface area contributed by atoms with Crippen LogP contribution in [0, 0.1) is 0 Å². The summed E-state index contributed by atoms with van der Waals surface area (Å²) in [6, 6.07) is 44.5. The van der Waals surface area contributed by atoms with Crippen LogP contribution in [0.4, 0.5) is 0 Å². The first-order valence-electron chi connectivity index (χ1n) is 13.3. The molecule has 0 saturated heterocycles. The second kappa shape index (κ2) is 9.37. The normalized spacial score (nSPS) is 12.3. The molecule has 0 amide bonds. The van der Waals surface area contributed by atoms with Crippen molar-refractivity contribution in [2.45, 2.75) is 9.79 Å². The molecule has 0 saturated carbocycles. The highest BCUT2D eigenvalue weighted by atomic mass is 32.2. The average Bonchev–Trinajstić information content (AvgIpc) is 3.24. The fourth-order valence-corrected chi connectivity index (χ4v) is 6.71. The molecule has 3 heterocycles. The Morgan fingerprint density at radius 3 is 2.10 bits per heavy atom. The first kappa shape index (κ1) is 23.0. The zero-order valence-electron chi connectivity index (χ0n) is 21.5. The van der Waals surface area contributed by atoms with Crippen molar-refractivity contribution in [3.05, 3.63) is 139 Å². The summed E-state index contributed by atoms with van der Waals surface area (Å²) in [6.45, 7) is 0. The molecule has 0 aliphatic carbocycles. The van der Waals surface area contributed by atoms with Gasteiger partial charge in [-0.05, 0) is 23.3 Å². The minimum absolute atomic E-state index is 0.711. The molecule has 4 heteroatoms. The van der Waals surface area contributed by atoms with Gasteiger partial charge in [-0.15, -0.1) is 0 Å². The van der Waals surface area contributed by atoms with E-state index in [0.717, 1.165) is 28.2 Å². The lowest BCUT2D eigenvalue weighted by Gasteiger charge is -2.14. The van der Waals surface area contributed by atoms with E-state index in [9.17, 15) is 0 Å². The molecule has 0 spiro atoms. The zero-order chi connectivity index (χ0) is 26.5. The molecular formula is C36H23N3S. The second-order valence-corrected chi connectivity index (χ2v) is 10.9. The van der Waals surface area contributed by atoms with Crippen LogP contribution in [0.25, 0.3) is 62.4 Å². The molecule has 0 fully saturated rings. The highest BCUT2D eigenvalue weighted by Gasteiger charge is 2.22. The Bertz CT molecular complexity index is 2020. The third-order valence-corrected chi connectivity index (χ3v) is 8.66. The molecule has 7 aromatic rings. The van der Waals surface area contributed by atoms with Gasteiger partial charge in [-0.3, -0.25) is 4.57 Å². The summed E-state index contributed by atoms with van der Waals surface area (Å²) in [4.78, 5) is 12.7. The van der Waals surface area contributed by atoms with Crippen molar-refractivity contribution >= 4 is 45.7 Å². The molecule has 0 unspecified atom stereocenters. The zero-order valence-corrected chi connectivity index (χ0v) is 22.3. The summed E-state index contributed by atoms with van der Waals surface area (Å²) in [5.41, 5.74) is 7.70. The fraction of sp³-hybridized carbons (Fsp3) is 0. The number of aromatic nitrogens is 3. The van der Waals surface area contributed by atoms with Crippen LogP contribution < -0.4 is 0 Å². The van der Waals surface area contributed by atoms with E-state index >= 15 is 0 Å². The monoisotopic (exact) mass is 529 g/mol. The maximum absolute atomic E-state index is 5.21. The molecule has 0 N–H and O–H groups in total. The van der Waals surface area contributed by atoms with E-state index in [0.29, 0.717) is 5.82 Å². The van der Waals surface area contributed by atoms with Crippen LogP contribution in [-0.2, 0) is 0 Å². The molecule has 2 aromatic heterocycles. The Hall–Kier alpha value is -4.93. The van der Waals surface area contributed by atoms with Crippen molar-refractivity contribution in [3.8, 4) is 28.5 Å². The number of fused-ring (bicyclic) bond motifs is 6. The number of hydrogen-bond donors (Lipinski definition) is 0. The summed E-state index contributed by atoms with van der Waals surface area (Å²) < 4.78 is 2.33. The fourth-order valence-electron chi connectivity index (χ4n) is 5.54. The Morgan fingerprint density at radius 2 is 1.25 bits per heavy atom. The molecule has 5 aromatic carbocycles. The predicted octanol–water partition coefficient (Wildman–Crippen LogP) is 9.54. The first-order chi connectivity index (χ1) is 19.8. The molecular weight excluding hydrogens is 506 g/mol. The number of para-hydroxylation sites is 1. The van der Waals surface area contributed by atoms with Crippen molar-refractivity contribution in [1.82, 2.24) is 14.5 Å². The Morgan fingerprint density at radius 1 is 0.550 bits per heavy atom. The number of hydrogen-bond acceptors (Lipinski definition) is 3. The van der Waals surface area contributed by atoms with E-state index in [1.54, 1.807) is 0 Å². The number of benzene rings is 5. The lowest BCUT2D eigenvalue weighted by Crippen LogP contribution is -2.03. The molecule has 40 heavy (non-hydrogen) atoms. The minimum Gasteiger partial charge on any atom is -0.292 e. The molecule has 0 atom stereocenters. The van der Waals surface area contributed by atoms with Crippen LogP contribution in [-0.4, -0.2) is 14.5 Å². The van der Waals surface area contributed by atoms with Crippen LogP contribution in [0.15, 0.2) is 137 Å². The third kappa shape index (κ3) is 3.76. The van der Waals surface area contributed by atoms with Crippen molar-refractivity contribution in [1.29, 1.82) is 0 Å². The van der Waals surface area contributed by atoms with Gasteiger partial charge in [0.15, 0.2) is 5.82 Å². The van der Waals surface area contributed by atoms with Gasteiger partial charge in [0.05, 0.1) is 16.7 Å². The van der Waals surface area contributed by atoms with Crippen LogP contribution >= 0.6 is 11.8 Å². The van der Waals surface area contributed by atoms with Gasteiger partial charge in [0.1, 0.15) is 5.82 Å². The van der Waals surface area contributed by atoms with Gasteiger partial charge in [0.25, 0.3) is 0 Å². The molecule has 1 aliphatic rings. The van der Waals surface area contributed by atoms with Crippen LogP contribution in [0.2, 0.25) is 0 Å². The Balaban J connectivity index is 1.47. The van der Waals surface area contributed by atoms with Crippen molar-refractivity contribution in [2.75, 3.05) is 0 Å². The largest absolute Gasteiger partial charge is 0.292 e. The summed E-state index contributed by atoms with van der Waals surface area (Å²) in [5, 5.41) is 2.43. The second-order valence-electron chi connectivity index (χ2n) is 9.87. The summed E-state index contributed by atoms with van der Waals surface area (Å²) >= 11 is 1.83. The van der Waals surface area contributed by atoms with Gasteiger partial charge in [-0.2, -0.15) is 0 Å². The number of nitrogens with zero attached hydrogens (tertiary/aromatic N) is 3. The lowest BCUT2D eigenvalue weighted by molar-refractivity contribution is 1.04. The minimum atomic E-state index is 0.711. The molecule has 1 aliphatic heterocycles. The van der Waals surface area contributed by atoms with Gasteiger partial charge >= 0.3 is 0 Å². The van der Waals surface area contributed by atoms with E-state index in [1.807, 2.05) is 36.0 Å². The number of rotatable bonds is 3. The van der Waals surface area contributed by atoms with E-state index in [1.165, 1.54) is 37.2 Å². The van der Waals surface area contributed by atoms with Gasteiger partial charge in [0.2, 0.25) is 0 Å². The molecule has 8 rings (SSSR count). The summed E-state index contributed by atoms with van der Waals surface area (Å²) in [7, 11) is 0. The van der Waals surface area contributed by atoms with Gasteiger partial charge in [-0.1, -0.05) is 133 Å². The van der Waals surface area contributed by atoms with Gasteiger partial charge < -0.3 is 0 Å². The molecule has 0 radical (unpaired) electrons. The van der Waals surface area contributed by atoms with Crippen molar-refractivity contribution in [2.24, 2.45) is 0 Å². The first-order valence-corrected chi connectivity index (χ1v) is 14.2. The molecule has 0 bridgehead atoms. The molecule has 3 nitrogen and oxygen atoms in total. The van der Waals surface area contributed by atoms with Gasteiger partial charge in [0, 0.05) is 37.8 Å². The maximum atomic E-state index is 5.21. The smallest absolute Gasteiger partial charge is 0.162 e. The lowest BCUT2D eigenvalue weighted by atomic mass is 10.1. The van der Waals surface area contributed by atoms with Crippen molar-refractivity contribution in [3.63, 3.8) is 0 Å². The van der Waals surface area contributed by atoms with Crippen LogP contribution in [0.3, 0.4) is 0 Å². The van der Waals surface area contributed by atoms with E-state index in [4.69, 9.17) is 9.97 Å². The summed E-state index contributed by atoms with van der Waals surface area (Å²) in [5.74, 6) is 1.57. The third-order valence-electron chi connectivity index (χ3n) is 7.44. The SMILES string of the molecule is C1=Cc2ccc3c4ccccc4n(-c4cc(-c5ccccc5)nc(-c5ccccc5)n4)c3c2Sc2ccccc21. The van der Waals surface area contributed by atoms with E-state index in [2.05, 4.69) is 120 Å². The van der Waals surface area contributed by atoms with E-state index < -0.39 is 0 Å². The van der Waals surface area contributed by atoms with E-state index in [-0.39, 0.29) is 0 Å². The maximum Gasteiger partial charge on any atom is 0.162 e. The van der Waals surface area contributed by atoms with Crippen LogP contribution in [0.1, 0.15) is 11.1 Å². The predicted molar refractivity (Wildman–Crippen MR) is 167 cm³/mol. The quantitative estimate of drug-likeness (QED) is 0.228. The highest BCUT2D eigenvalue weighted by Crippen LogP contribution is 2.45. The Kier molecular flexibility index (Phi) is 5.39. The molecule has 188 valence electrons. The Labute approximate surface area is 236 Å². The van der Waals surface area contributed by atoms with Gasteiger partial charge in [-0.25, -0.2) is 9.97 Å². The van der Waals surface area contributed by atoms with Crippen LogP contribution in [0.5, 0.6) is 0 Å². The standard InChI is InChI=1S/C36H23N3S/c1-3-11-24(12-4-1)30-23-33(38-36(37-30)27-14-5-2-6-15-27)39-31-17-9-8-16-28(31)29-22-21-26-20-19-25-13-7-10-18-32(25)40-35(26)34(29)39/h1-23H. The summed E-state index contributed by atoms with van der Waals surface area (Å²) in [6.07, 6.45) is 4.46. The topological polar surface area (TPSA) is 30.7 Å². The average molecular weight is 530 g/mol.